The molecule has 0 saturated heterocycles. The smallest absolute Gasteiger partial charge is 0.255 e. The molecular formula is C18H19ClFN3O3S. The van der Waals surface area contributed by atoms with Crippen LogP contribution in [-0.2, 0) is 14.8 Å². The summed E-state index contributed by atoms with van der Waals surface area (Å²) in [7, 11) is -3.87. The van der Waals surface area contributed by atoms with Crippen molar-refractivity contribution >= 4 is 33.7 Å². The number of hydrogen-bond donors (Lipinski definition) is 2. The van der Waals surface area contributed by atoms with Crippen molar-refractivity contribution in [3.05, 3.63) is 63.4 Å². The average molecular weight is 412 g/mol. The van der Waals surface area contributed by atoms with Gasteiger partial charge >= 0.3 is 0 Å². The van der Waals surface area contributed by atoms with Gasteiger partial charge in [0.05, 0.1) is 22.7 Å². The third kappa shape index (κ3) is 5.35. The number of nitrogens with zero attached hydrogens (tertiary/aromatic N) is 1. The summed E-state index contributed by atoms with van der Waals surface area (Å²) >= 11 is 5.84. The van der Waals surface area contributed by atoms with Gasteiger partial charge in [0, 0.05) is 5.56 Å². The molecule has 0 aromatic heterocycles. The van der Waals surface area contributed by atoms with E-state index in [1.54, 1.807) is 26.0 Å². The van der Waals surface area contributed by atoms with E-state index in [4.69, 9.17) is 11.6 Å². The molecule has 2 aromatic rings. The number of benzene rings is 2. The van der Waals surface area contributed by atoms with Crippen molar-refractivity contribution in [1.82, 2.24) is 10.1 Å². The van der Waals surface area contributed by atoms with Crippen molar-refractivity contribution in [1.29, 1.82) is 0 Å². The predicted octanol–water partition coefficient (Wildman–Crippen LogP) is 2.83. The van der Waals surface area contributed by atoms with E-state index in [0.717, 1.165) is 11.8 Å². The Labute approximate surface area is 162 Å². The largest absolute Gasteiger partial charge is 0.272 e. The lowest BCUT2D eigenvalue weighted by Crippen LogP contribution is -2.35. The molecule has 9 heteroatoms. The van der Waals surface area contributed by atoms with Gasteiger partial charge < -0.3 is 0 Å². The van der Waals surface area contributed by atoms with Crippen LogP contribution in [-0.4, -0.2) is 27.1 Å². The number of carbonyl (C=O) groups excluding carboxylic acids is 1. The number of rotatable bonds is 6. The third-order valence-electron chi connectivity index (χ3n) is 3.68. The first-order chi connectivity index (χ1) is 12.6. The lowest BCUT2D eigenvalue weighted by atomic mass is 10.1. The minimum Gasteiger partial charge on any atom is -0.272 e. The SMILES string of the molecule is Cc1cc(C)c(S(=O)(=O)NCC(=O)N/N=C\c2c(F)cccc2Cl)c(C)c1. The molecule has 2 aromatic carbocycles. The molecule has 1 amide bonds. The van der Waals surface area contributed by atoms with E-state index in [2.05, 4.69) is 15.2 Å². The number of aryl methyl sites for hydroxylation is 3. The molecular weight excluding hydrogens is 393 g/mol. The maximum Gasteiger partial charge on any atom is 0.255 e. The number of carbonyl (C=O) groups is 1. The summed E-state index contributed by atoms with van der Waals surface area (Å²) in [4.78, 5) is 12.0. The highest BCUT2D eigenvalue weighted by Crippen LogP contribution is 2.21. The lowest BCUT2D eigenvalue weighted by molar-refractivity contribution is -0.119. The summed E-state index contributed by atoms with van der Waals surface area (Å²) in [5.74, 6) is -1.30. The molecule has 27 heavy (non-hydrogen) atoms. The molecule has 2 N–H and O–H groups in total. The highest BCUT2D eigenvalue weighted by molar-refractivity contribution is 7.89. The van der Waals surface area contributed by atoms with Crippen molar-refractivity contribution in [2.45, 2.75) is 25.7 Å². The molecule has 0 atom stereocenters. The molecule has 2 rings (SSSR count). The second-order valence-corrected chi connectivity index (χ2v) is 8.09. The normalized spacial score (nSPS) is 11.7. The van der Waals surface area contributed by atoms with E-state index < -0.39 is 28.3 Å². The first-order valence-electron chi connectivity index (χ1n) is 7.95. The van der Waals surface area contributed by atoms with Crippen LogP contribution in [0.3, 0.4) is 0 Å². The Kier molecular flexibility index (Phi) is 6.69. The Morgan fingerprint density at radius 1 is 1.22 bits per heavy atom. The van der Waals surface area contributed by atoms with E-state index in [1.807, 2.05) is 6.92 Å². The van der Waals surface area contributed by atoms with Crippen molar-refractivity contribution in [3.8, 4) is 0 Å². The van der Waals surface area contributed by atoms with Gasteiger partial charge in [-0.15, -0.1) is 0 Å². The van der Waals surface area contributed by atoms with Crippen molar-refractivity contribution in [2.75, 3.05) is 6.54 Å². The Bertz CT molecular complexity index is 964. The molecule has 6 nitrogen and oxygen atoms in total. The third-order valence-corrected chi connectivity index (χ3v) is 5.71. The molecule has 0 aliphatic rings. The fourth-order valence-corrected chi connectivity index (χ4v) is 4.31. The number of hydrazone groups is 1. The minimum absolute atomic E-state index is 0.0194. The Morgan fingerprint density at radius 2 is 1.85 bits per heavy atom. The van der Waals surface area contributed by atoms with E-state index in [9.17, 15) is 17.6 Å². The van der Waals surface area contributed by atoms with E-state index in [0.29, 0.717) is 11.1 Å². The standard InChI is InChI=1S/C18H19ClFN3O3S/c1-11-7-12(2)18(13(3)8-11)27(25,26)22-10-17(24)23-21-9-14-15(19)5-4-6-16(14)20/h4-9,22H,10H2,1-3H3,(H,23,24)/b21-9-. The van der Waals surface area contributed by atoms with Gasteiger partial charge in [-0.25, -0.2) is 23.0 Å². The maximum absolute atomic E-state index is 13.6. The van der Waals surface area contributed by atoms with Crippen LogP contribution in [0.4, 0.5) is 4.39 Å². The minimum atomic E-state index is -3.87. The van der Waals surface area contributed by atoms with Crippen LogP contribution in [0.15, 0.2) is 40.3 Å². The number of nitrogens with one attached hydrogen (secondary N) is 2. The fourth-order valence-electron chi connectivity index (χ4n) is 2.67. The Balaban J connectivity index is 2.02. The van der Waals surface area contributed by atoms with E-state index >= 15 is 0 Å². The van der Waals surface area contributed by atoms with Crippen LogP contribution in [0.1, 0.15) is 22.3 Å². The predicted molar refractivity (Wildman–Crippen MR) is 103 cm³/mol. The zero-order valence-corrected chi connectivity index (χ0v) is 16.6. The number of sulfonamides is 1. The van der Waals surface area contributed by atoms with Crippen LogP contribution in [0.5, 0.6) is 0 Å². The van der Waals surface area contributed by atoms with Gasteiger partial charge in [-0.3, -0.25) is 4.79 Å². The topological polar surface area (TPSA) is 87.6 Å². The van der Waals surface area contributed by atoms with Crippen LogP contribution in [0, 0.1) is 26.6 Å². The van der Waals surface area contributed by atoms with Crippen molar-refractivity contribution in [2.24, 2.45) is 5.10 Å². The summed E-state index contributed by atoms with van der Waals surface area (Å²) in [6, 6.07) is 7.63. The van der Waals surface area contributed by atoms with Gasteiger partial charge in [0.15, 0.2) is 0 Å². The van der Waals surface area contributed by atoms with E-state index in [-0.39, 0.29) is 15.5 Å². The number of halogens is 2. The molecule has 0 bridgehead atoms. The molecule has 0 unspecified atom stereocenters. The van der Waals surface area contributed by atoms with Crippen molar-refractivity contribution in [3.63, 3.8) is 0 Å². The quantitative estimate of drug-likeness (QED) is 0.566. The van der Waals surface area contributed by atoms with Crippen molar-refractivity contribution < 1.29 is 17.6 Å². The molecule has 144 valence electrons. The Morgan fingerprint density at radius 3 is 2.44 bits per heavy atom. The van der Waals surface area contributed by atoms with Crippen LogP contribution >= 0.6 is 11.6 Å². The van der Waals surface area contributed by atoms with Gasteiger partial charge in [0.1, 0.15) is 5.82 Å². The lowest BCUT2D eigenvalue weighted by Gasteiger charge is -2.12. The van der Waals surface area contributed by atoms with Gasteiger partial charge in [0.2, 0.25) is 10.0 Å². The first kappa shape index (κ1) is 21.0. The van der Waals surface area contributed by atoms with Gasteiger partial charge in [0.25, 0.3) is 5.91 Å². The van der Waals surface area contributed by atoms with Gasteiger partial charge in [-0.05, 0) is 44.0 Å². The summed E-state index contributed by atoms with van der Waals surface area (Å²) in [6.45, 7) is 4.74. The summed E-state index contributed by atoms with van der Waals surface area (Å²) in [6.07, 6.45) is 1.05. The average Bonchev–Trinajstić information content (AvgIpc) is 2.54. The van der Waals surface area contributed by atoms with E-state index in [1.165, 1.54) is 18.2 Å². The molecule has 0 radical (unpaired) electrons. The Hall–Kier alpha value is -2.29. The summed E-state index contributed by atoms with van der Waals surface area (Å²) < 4.78 is 40.8. The van der Waals surface area contributed by atoms with Crippen LogP contribution in [0.2, 0.25) is 5.02 Å². The second kappa shape index (κ2) is 8.60. The first-order valence-corrected chi connectivity index (χ1v) is 9.81. The van der Waals surface area contributed by atoms with Crippen LogP contribution in [0.25, 0.3) is 0 Å². The summed E-state index contributed by atoms with van der Waals surface area (Å²) in [5, 5.41) is 3.74. The molecule has 0 saturated carbocycles. The molecule has 0 heterocycles. The molecule has 0 aliphatic carbocycles. The number of hydrogen-bond acceptors (Lipinski definition) is 4. The summed E-state index contributed by atoms with van der Waals surface area (Å²) in [5.41, 5.74) is 4.27. The molecule has 0 aliphatic heterocycles. The molecule has 0 spiro atoms. The zero-order chi connectivity index (χ0) is 20.2. The molecule has 0 fully saturated rings. The monoisotopic (exact) mass is 411 g/mol. The highest BCUT2D eigenvalue weighted by Gasteiger charge is 2.20. The maximum atomic E-state index is 13.6. The van der Waals surface area contributed by atoms with Crippen LogP contribution < -0.4 is 10.1 Å². The van der Waals surface area contributed by atoms with Gasteiger partial charge in [-0.2, -0.15) is 5.10 Å². The highest BCUT2D eigenvalue weighted by atomic mass is 35.5. The van der Waals surface area contributed by atoms with Gasteiger partial charge in [-0.1, -0.05) is 35.4 Å². The second-order valence-electron chi connectivity index (χ2n) is 5.98. The fraction of sp³-hybridized carbons (Fsp3) is 0.222. The zero-order valence-electron chi connectivity index (χ0n) is 15.0. The number of amides is 1.